The maximum absolute atomic E-state index is 12.3. The van der Waals surface area contributed by atoms with Gasteiger partial charge in [0, 0.05) is 11.3 Å². The second-order valence-corrected chi connectivity index (χ2v) is 11.6. The van der Waals surface area contributed by atoms with Crippen molar-refractivity contribution < 1.29 is 22.9 Å². The molecule has 4 aliphatic rings. The normalized spacial score (nSPS) is 49.6. The fourth-order valence-electron chi connectivity index (χ4n) is 7.77. The van der Waals surface area contributed by atoms with Gasteiger partial charge in [-0.15, -0.1) is 0 Å². The maximum atomic E-state index is 12.3. The number of Topliss-reactive ketones (excluding diaryl/α,β-unsaturated/α-hetero) is 1. The van der Waals surface area contributed by atoms with E-state index in [-0.39, 0.29) is 29.5 Å². The predicted octanol–water partition coefficient (Wildman–Crippen LogP) is 3.38. The Morgan fingerprint density at radius 3 is 2.52 bits per heavy atom. The molecule has 0 aromatic carbocycles. The average molecular weight is 397 g/mol. The Balaban J connectivity index is 1.76. The molecule has 4 rings (SSSR count). The molecular formula is C21H32O5S. The van der Waals surface area contributed by atoms with Crippen LogP contribution in [0.15, 0.2) is 11.6 Å². The molecular weight excluding hydrogens is 364 g/mol. The van der Waals surface area contributed by atoms with Crippen LogP contribution in [0.3, 0.4) is 0 Å². The first-order valence-corrected chi connectivity index (χ1v) is 11.8. The van der Waals surface area contributed by atoms with Crippen LogP contribution in [0.4, 0.5) is 0 Å². The summed E-state index contributed by atoms with van der Waals surface area (Å²) in [5.74, 6) is 1.36. The molecule has 0 bridgehead atoms. The van der Waals surface area contributed by atoms with E-state index in [0.29, 0.717) is 18.3 Å². The van der Waals surface area contributed by atoms with E-state index >= 15 is 0 Å². The first kappa shape index (κ1) is 19.6. The lowest BCUT2D eigenvalue weighted by Crippen LogP contribution is -2.57. The summed E-state index contributed by atoms with van der Waals surface area (Å²) >= 11 is 0. The number of fused-ring (bicyclic) bond motifs is 5. The van der Waals surface area contributed by atoms with E-state index < -0.39 is 26.9 Å². The van der Waals surface area contributed by atoms with Crippen LogP contribution in [0.1, 0.15) is 65.7 Å². The number of aliphatic hydroxyl groups is 1. The van der Waals surface area contributed by atoms with Gasteiger partial charge >= 0.3 is 0 Å². The number of ketones is 1. The molecule has 0 aliphatic heterocycles. The van der Waals surface area contributed by atoms with Gasteiger partial charge in [0.05, 0.1) is 11.4 Å². The average Bonchev–Trinajstić information content (AvgIpc) is 2.91. The van der Waals surface area contributed by atoms with Gasteiger partial charge in [0.15, 0.2) is 0 Å². The minimum Gasteiger partial charge on any atom is -0.393 e. The molecule has 8 atom stereocenters. The van der Waals surface area contributed by atoms with Crippen molar-refractivity contribution in [3.63, 3.8) is 0 Å². The quantitative estimate of drug-likeness (QED) is 0.551. The first-order valence-electron chi connectivity index (χ1n) is 10.3. The number of allylic oxidation sites excluding steroid dienone is 1. The highest BCUT2D eigenvalue weighted by Gasteiger charge is 2.62. The Hall–Kier alpha value is -0.720. The van der Waals surface area contributed by atoms with Crippen molar-refractivity contribution in [2.24, 2.45) is 34.5 Å². The monoisotopic (exact) mass is 396 g/mol. The second-order valence-electron chi connectivity index (χ2n) is 10.0. The van der Waals surface area contributed by atoms with Crippen LogP contribution in [0.5, 0.6) is 0 Å². The Morgan fingerprint density at radius 1 is 1.19 bits per heavy atom. The minimum atomic E-state index is -4.25. The van der Waals surface area contributed by atoms with E-state index in [4.69, 9.17) is 0 Å². The number of rotatable bonds is 2. The molecule has 27 heavy (non-hydrogen) atoms. The van der Waals surface area contributed by atoms with Gasteiger partial charge < -0.3 is 5.11 Å². The van der Waals surface area contributed by atoms with Crippen LogP contribution in [0.25, 0.3) is 0 Å². The summed E-state index contributed by atoms with van der Waals surface area (Å²) in [5.41, 5.74) is 0.400. The molecule has 2 N–H and O–H groups in total. The molecule has 4 unspecified atom stereocenters. The van der Waals surface area contributed by atoms with Gasteiger partial charge in [0.25, 0.3) is 10.1 Å². The van der Waals surface area contributed by atoms with Crippen molar-refractivity contribution >= 4 is 15.9 Å². The van der Waals surface area contributed by atoms with Gasteiger partial charge in [-0.2, -0.15) is 8.42 Å². The largest absolute Gasteiger partial charge is 0.393 e. The summed E-state index contributed by atoms with van der Waals surface area (Å²) in [6.45, 7) is 5.97. The Morgan fingerprint density at radius 2 is 1.89 bits per heavy atom. The lowest BCUT2D eigenvalue weighted by Gasteiger charge is -2.59. The van der Waals surface area contributed by atoms with Gasteiger partial charge in [-0.05, 0) is 75.0 Å². The Kier molecular flexibility index (Phi) is 4.45. The standard InChI is InChI=1S/C21H32O5S/c1-12(22)16-6-7-17-15-5-4-13-10-14(23)11-19(27(24,25)26)21(13,3)18(15)8-9-20(16,17)2/h4,14-19,23H,5-11H2,1-3H3,(H,24,25,26)/t14-,15?,16+,17?,18?,19?,20+,21-/m0/s1. The third-order valence-electron chi connectivity index (χ3n) is 9.00. The Labute approximate surface area is 162 Å². The molecule has 0 spiro atoms. The van der Waals surface area contributed by atoms with E-state index in [1.165, 1.54) is 0 Å². The molecule has 5 nitrogen and oxygen atoms in total. The van der Waals surface area contributed by atoms with E-state index in [9.17, 15) is 22.9 Å². The van der Waals surface area contributed by atoms with E-state index in [1.807, 2.05) is 6.92 Å². The fourth-order valence-corrected chi connectivity index (χ4v) is 9.18. The van der Waals surface area contributed by atoms with E-state index in [0.717, 1.165) is 37.7 Å². The highest BCUT2D eigenvalue weighted by molar-refractivity contribution is 7.86. The highest BCUT2D eigenvalue weighted by atomic mass is 32.2. The van der Waals surface area contributed by atoms with Crippen LogP contribution < -0.4 is 0 Å². The third kappa shape index (κ3) is 2.70. The molecule has 4 aliphatic carbocycles. The summed E-state index contributed by atoms with van der Waals surface area (Å²) in [4.78, 5) is 12.2. The van der Waals surface area contributed by atoms with Crippen LogP contribution in [0, 0.1) is 34.5 Å². The SMILES string of the molecule is CC(=O)[C@H]1CCC2C3CC=C4C[C@H](O)CC(S(=O)(=O)O)[C@]4(C)C3CC[C@@]21C. The van der Waals surface area contributed by atoms with Crippen molar-refractivity contribution in [1.29, 1.82) is 0 Å². The van der Waals surface area contributed by atoms with Crippen LogP contribution in [0.2, 0.25) is 0 Å². The van der Waals surface area contributed by atoms with Crippen molar-refractivity contribution in [1.82, 2.24) is 0 Å². The molecule has 0 amide bonds. The lowest BCUT2D eigenvalue weighted by atomic mass is 9.47. The number of hydrogen-bond acceptors (Lipinski definition) is 4. The predicted molar refractivity (Wildman–Crippen MR) is 103 cm³/mol. The first-order chi connectivity index (χ1) is 12.5. The number of carbonyl (C=O) groups is 1. The zero-order valence-electron chi connectivity index (χ0n) is 16.5. The molecule has 152 valence electrons. The van der Waals surface area contributed by atoms with Crippen LogP contribution in [-0.4, -0.2) is 35.2 Å². The van der Waals surface area contributed by atoms with Crippen molar-refractivity contribution in [3.05, 3.63) is 11.6 Å². The zero-order valence-corrected chi connectivity index (χ0v) is 17.3. The van der Waals surface area contributed by atoms with Gasteiger partial charge in [-0.3, -0.25) is 9.35 Å². The maximum Gasteiger partial charge on any atom is 0.268 e. The zero-order chi connectivity index (χ0) is 19.8. The van der Waals surface area contributed by atoms with Crippen molar-refractivity contribution in [2.75, 3.05) is 0 Å². The molecule has 3 saturated carbocycles. The molecule has 3 fully saturated rings. The summed E-state index contributed by atoms with van der Waals surface area (Å²) in [5, 5.41) is 9.28. The number of aliphatic hydroxyl groups excluding tert-OH is 1. The van der Waals surface area contributed by atoms with Crippen LogP contribution >= 0.6 is 0 Å². The third-order valence-corrected chi connectivity index (χ3v) is 10.4. The van der Waals surface area contributed by atoms with Gasteiger partial charge in [-0.25, -0.2) is 0 Å². The summed E-state index contributed by atoms with van der Waals surface area (Å²) in [7, 11) is -4.25. The summed E-state index contributed by atoms with van der Waals surface area (Å²) < 4.78 is 34.5. The molecule has 0 aromatic rings. The summed E-state index contributed by atoms with van der Waals surface area (Å²) in [6, 6.07) is 0. The van der Waals surface area contributed by atoms with E-state index in [2.05, 4.69) is 13.0 Å². The molecule has 6 heteroatoms. The Bertz CT molecular complexity index is 786. The molecule has 0 saturated heterocycles. The van der Waals surface area contributed by atoms with Crippen molar-refractivity contribution in [3.8, 4) is 0 Å². The fraction of sp³-hybridized carbons (Fsp3) is 0.857. The topological polar surface area (TPSA) is 91.7 Å². The van der Waals surface area contributed by atoms with Crippen LogP contribution in [-0.2, 0) is 14.9 Å². The summed E-state index contributed by atoms with van der Waals surface area (Å²) in [6.07, 6.45) is 6.73. The van der Waals surface area contributed by atoms with Gasteiger partial charge in [-0.1, -0.05) is 25.5 Å². The lowest BCUT2D eigenvalue weighted by molar-refractivity contribution is -0.127. The minimum absolute atomic E-state index is 0.0104. The second kappa shape index (κ2) is 6.14. The molecule has 0 heterocycles. The van der Waals surface area contributed by atoms with Crippen molar-refractivity contribution in [2.45, 2.75) is 77.1 Å². The molecule has 0 radical (unpaired) electrons. The van der Waals surface area contributed by atoms with Gasteiger partial charge in [0.2, 0.25) is 0 Å². The number of hydrogen-bond donors (Lipinski definition) is 2. The van der Waals surface area contributed by atoms with E-state index in [1.54, 1.807) is 6.92 Å². The smallest absolute Gasteiger partial charge is 0.268 e. The molecule has 0 aromatic heterocycles. The number of carbonyl (C=O) groups excluding carboxylic acids is 1. The van der Waals surface area contributed by atoms with Gasteiger partial charge in [0.1, 0.15) is 5.78 Å². The highest BCUT2D eigenvalue weighted by Crippen LogP contribution is 2.66.